The number of rotatable bonds is 5. The molecule has 0 amide bonds. The maximum Gasteiger partial charge on any atom is 0.159 e. The number of aromatic nitrogens is 1. The molecule has 3 nitrogen and oxygen atoms in total. The van der Waals surface area contributed by atoms with Crippen LogP contribution in [0.15, 0.2) is 18.3 Å². The largest absolute Gasteiger partial charge is 0.345 e. The van der Waals surface area contributed by atoms with Crippen molar-refractivity contribution in [2.24, 2.45) is 0 Å². The van der Waals surface area contributed by atoms with Crippen molar-refractivity contribution in [3.05, 3.63) is 23.9 Å². The first-order chi connectivity index (χ1) is 7.69. The van der Waals surface area contributed by atoms with Gasteiger partial charge >= 0.3 is 0 Å². The summed E-state index contributed by atoms with van der Waals surface area (Å²) < 4.78 is 0. The van der Waals surface area contributed by atoms with Gasteiger partial charge in [0.25, 0.3) is 0 Å². The van der Waals surface area contributed by atoms with Crippen LogP contribution >= 0.6 is 0 Å². The fourth-order valence-corrected chi connectivity index (χ4v) is 1.47. The standard InChI is InChI=1S/C13H16N2O/c1-4-8-15(9-5-2)13-10-12(11(3)16)6-7-14-13/h1,6-7,10H,5,8-9H2,2-3H3. The molecule has 0 N–H and O–H groups in total. The molecule has 0 unspecified atom stereocenters. The Kier molecular flexibility index (Phi) is 4.53. The third-order valence-corrected chi connectivity index (χ3v) is 2.25. The maximum atomic E-state index is 11.2. The summed E-state index contributed by atoms with van der Waals surface area (Å²) in [5, 5.41) is 0. The Morgan fingerprint density at radius 1 is 1.62 bits per heavy atom. The summed E-state index contributed by atoms with van der Waals surface area (Å²) in [5.41, 5.74) is 0.670. The molecule has 0 bridgehead atoms. The molecule has 16 heavy (non-hydrogen) atoms. The first-order valence-electron chi connectivity index (χ1n) is 5.34. The highest BCUT2D eigenvalue weighted by molar-refractivity contribution is 5.94. The van der Waals surface area contributed by atoms with E-state index in [9.17, 15) is 4.79 Å². The Labute approximate surface area is 96.5 Å². The molecule has 0 radical (unpaired) electrons. The van der Waals surface area contributed by atoms with Crippen LogP contribution in [-0.2, 0) is 0 Å². The van der Waals surface area contributed by atoms with E-state index in [1.54, 1.807) is 25.3 Å². The molecule has 84 valence electrons. The minimum Gasteiger partial charge on any atom is -0.345 e. The van der Waals surface area contributed by atoms with E-state index in [0.29, 0.717) is 12.1 Å². The van der Waals surface area contributed by atoms with Crippen LogP contribution in [0.2, 0.25) is 0 Å². The molecule has 0 aliphatic rings. The number of anilines is 1. The van der Waals surface area contributed by atoms with E-state index < -0.39 is 0 Å². The highest BCUT2D eigenvalue weighted by Gasteiger charge is 2.07. The van der Waals surface area contributed by atoms with Gasteiger partial charge in [-0.05, 0) is 25.5 Å². The maximum absolute atomic E-state index is 11.2. The van der Waals surface area contributed by atoms with Gasteiger partial charge in [0.05, 0.1) is 6.54 Å². The number of Topliss-reactive ketones (excluding diaryl/α,β-unsaturated/α-hetero) is 1. The summed E-state index contributed by atoms with van der Waals surface area (Å²) in [6.07, 6.45) is 7.95. The molecule has 1 rings (SSSR count). The average Bonchev–Trinajstić information content (AvgIpc) is 2.29. The lowest BCUT2D eigenvalue weighted by atomic mass is 10.2. The highest BCUT2D eigenvalue weighted by atomic mass is 16.1. The molecular weight excluding hydrogens is 200 g/mol. The van der Waals surface area contributed by atoms with Crippen molar-refractivity contribution < 1.29 is 4.79 Å². The van der Waals surface area contributed by atoms with Gasteiger partial charge in [-0.2, -0.15) is 0 Å². The summed E-state index contributed by atoms with van der Waals surface area (Å²) in [5.74, 6) is 3.41. The van der Waals surface area contributed by atoms with Crippen molar-refractivity contribution in [2.45, 2.75) is 20.3 Å². The van der Waals surface area contributed by atoms with E-state index >= 15 is 0 Å². The lowest BCUT2D eigenvalue weighted by Crippen LogP contribution is -2.25. The Hall–Kier alpha value is -1.82. The predicted octanol–water partition coefficient (Wildman–Crippen LogP) is 2.13. The van der Waals surface area contributed by atoms with E-state index in [1.807, 2.05) is 4.90 Å². The lowest BCUT2D eigenvalue weighted by Gasteiger charge is -2.20. The van der Waals surface area contributed by atoms with E-state index in [2.05, 4.69) is 17.8 Å². The number of pyridine rings is 1. The first-order valence-corrected chi connectivity index (χ1v) is 5.34. The molecule has 1 aromatic heterocycles. The summed E-state index contributed by atoms with van der Waals surface area (Å²) in [6.45, 7) is 4.99. The topological polar surface area (TPSA) is 33.2 Å². The van der Waals surface area contributed by atoms with Gasteiger partial charge in [0.2, 0.25) is 0 Å². The Morgan fingerprint density at radius 2 is 2.38 bits per heavy atom. The van der Waals surface area contributed by atoms with Crippen molar-refractivity contribution in [3.63, 3.8) is 0 Å². The van der Waals surface area contributed by atoms with Crippen LogP contribution in [0.3, 0.4) is 0 Å². The zero-order chi connectivity index (χ0) is 12.0. The van der Waals surface area contributed by atoms with Crippen molar-refractivity contribution in [2.75, 3.05) is 18.0 Å². The van der Waals surface area contributed by atoms with Gasteiger partial charge in [-0.25, -0.2) is 4.98 Å². The van der Waals surface area contributed by atoms with Crippen LogP contribution in [0.5, 0.6) is 0 Å². The van der Waals surface area contributed by atoms with Crippen molar-refractivity contribution in [3.8, 4) is 12.3 Å². The van der Waals surface area contributed by atoms with Gasteiger partial charge in [0.15, 0.2) is 5.78 Å². The number of hydrogen-bond acceptors (Lipinski definition) is 3. The molecule has 3 heteroatoms. The Bertz CT molecular complexity index is 407. The number of ketones is 1. The van der Waals surface area contributed by atoms with Crippen LogP contribution in [0.25, 0.3) is 0 Å². The number of hydrogen-bond donors (Lipinski definition) is 0. The van der Waals surface area contributed by atoms with Gasteiger partial charge in [0.1, 0.15) is 5.82 Å². The molecule has 0 aromatic carbocycles. The molecule has 0 aliphatic carbocycles. The smallest absolute Gasteiger partial charge is 0.159 e. The third kappa shape index (κ3) is 3.09. The minimum atomic E-state index is 0.0424. The van der Waals surface area contributed by atoms with E-state index in [4.69, 9.17) is 6.42 Å². The van der Waals surface area contributed by atoms with Crippen molar-refractivity contribution in [1.82, 2.24) is 4.98 Å². The highest BCUT2D eigenvalue weighted by Crippen LogP contribution is 2.13. The Morgan fingerprint density at radius 3 is 2.94 bits per heavy atom. The zero-order valence-corrected chi connectivity index (χ0v) is 9.73. The number of carbonyl (C=O) groups is 1. The van der Waals surface area contributed by atoms with Crippen LogP contribution in [0.4, 0.5) is 5.82 Å². The normalized spacial score (nSPS) is 9.56. The number of terminal acetylenes is 1. The summed E-state index contributed by atoms with van der Waals surface area (Å²) in [4.78, 5) is 17.5. The van der Waals surface area contributed by atoms with Crippen LogP contribution < -0.4 is 4.90 Å². The SMILES string of the molecule is C#CCN(CCC)c1cc(C(C)=O)ccn1. The second kappa shape index (κ2) is 5.92. The van der Waals surface area contributed by atoms with Crippen molar-refractivity contribution >= 4 is 11.6 Å². The lowest BCUT2D eigenvalue weighted by molar-refractivity contribution is 0.101. The van der Waals surface area contributed by atoms with Crippen LogP contribution in [0.1, 0.15) is 30.6 Å². The van der Waals surface area contributed by atoms with E-state index in [0.717, 1.165) is 18.8 Å². The number of carbonyl (C=O) groups excluding carboxylic acids is 1. The molecule has 0 atom stereocenters. The molecule has 0 aliphatic heterocycles. The van der Waals surface area contributed by atoms with Crippen LogP contribution in [-0.4, -0.2) is 23.9 Å². The molecule has 1 heterocycles. The summed E-state index contributed by atoms with van der Waals surface area (Å²) in [7, 11) is 0. The van der Waals surface area contributed by atoms with Gasteiger partial charge in [-0.3, -0.25) is 4.79 Å². The fourth-order valence-electron chi connectivity index (χ4n) is 1.47. The first kappa shape index (κ1) is 12.3. The predicted molar refractivity (Wildman–Crippen MR) is 65.6 cm³/mol. The fraction of sp³-hybridized carbons (Fsp3) is 0.385. The zero-order valence-electron chi connectivity index (χ0n) is 9.73. The molecule has 0 saturated heterocycles. The van der Waals surface area contributed by atoms with Crippen LogP contribution in [0, 0.1) is 12.3 Å². The molecule has 0 spiro atoms. The number of nitrogens with zero attached hydrogens (tertiary/aromatic N) is 2. The molecule has 0 fully saturated rings. The molecule has 1 aromatic rings. The third-order valence-electron chi connectivity index (χ3n) is 2.25. The monoisotopic (exact) mass is 216 g/mol. The summed E-state index contributed by atoms with van der Waals surface area (Å²) in [6, 6.07) is 3.50. The van der Waals surface area contributed by atoms with E-state index in [-0.39, 0.29) is 5.78 Å². The quantitative estimate of drug-likeness (QED) is 0.558. The summed E-state index contributed by atoms with van der Waals surface area (Å²) >= 11 is 0. The Balaban J connectivity index is 2.96. The second-order valence-corrected chi connectivity index (χ2v) is 3.58. The minimum absolute atomic E-state index is 0.0424. The van der Waals surface area contributed by atoms with Gasteiger partial charge < -0.3 is 4.90 Å². The molecule has 0 saturated carbocycles. The molecular formula is C13H16N2O. The van der Waals surface area contributed by atoms with Gasteiger partial charge in [-0.15, -0.1) is 6.42 Å². The van der Waals surface area contributed by atoms with E-state index in [1.165, 1.54) is 0 Å². The van der Waals surface area contributed by atoms with Gasteiger partial charge in [-0.1, -0.05) is 12.8 Å². The second-order valence-electron chi connectivity index (χ2n) is 3.58. The van der Waals surface area contributed by atoms with Crippen molar-refractivity contribution in [1.29, 1.82) is 0 Å². The average molecular weight is 216 g/mol. The van der Waals surface area contributed by atoms with Gasteiger partial charge in [0, 0.05) is 18.3 Å².